The van der Waals surface area contributed by atoms with Gasteiger partial charge >= 0.3 is 6.09 Å². The first-order valence-corrected chi connectivity index (χ1v) is 10.6. The number of hydrogen-bond acceptors (Lipinski definition) is 2. The molecule has 3 nitrogen and oxygen atoms in total. The van der Waals surface area contributed by atoms with Crippen LogP contribution >= 0.6 is 69.6 Å². The van der Waals surface area contributed by atoms with Crippen molar-refractivity contribution in [3.8, 4) is 5.75 Å². The number of hydrogen-bond donors (Lipinski definition) is 1. The molecule has 2 aromatic carbocycles. The average Bonchev–Trinajstić information content (AvgIpc) is 2.70. The molecule has 148 valence electrons. The van der Waals surface area contributed by atoms with Crippen molar-refractivity contribution < 1.29 is 9.53 Å². The normalized spacial score (nSPS) is 30.2. The number of ether oxygens (including phenoxy) is 1. The number of benzene rings is 2. The van der Waals surface area contributed by atoms with Crippen LogP contribution in [0.2, 0.25) is 0 Å². The summed E-state index contributed by atoms with van der Waals surface area (Å²) in [6.45, 7) is 0. The van der Waals surface area contributed by atoms with Crippen molar-refractivity contribution in [1.29, 1.82) is 0 Å². The molecule has 1 aliphatic rings. The number of nitrogens with one attached hydrogen (secondary N) is 1. The zero-order chi connectivity index (χ0) is 20.1. The molecule has 0 atom stereocenters. The van der Waals surface area contributed by atoms with Crippen LogP contribution in [0.4, 0.5) is 4.79 Å². The smallest absolute Gasteiger partial charge is 0.410 e. The molecule has 27 heavy (non-hydrogen) atoms. The molecule has 0 radical (unpaired) electrons. The van der Waals surface area contributed by atoms with Crippen molar-refractivity contribution >= 4 is 86.5 Å². The number of alkyl halides is 6. The molecule has 1 saturated carbocycles. The van der Waals surface area contributed by atoms with E-state index in [1.54, 1.807) is 6.07 Å². The third kappa shape index (κ3) is 5.62. The predicted molar refractivity (Wildman–Crippen MR) is 117 cm³/mol. The molecule has 0 aromatic heterocycles. The lowest BCUT2D eigenvalue weighted by Crippen LogP contribution is -2.52. The van der Waals surface area contributed by atoms with Crippen LogP contribution in [-0.4, -0.2) is 45.4 Å². The molecule has 2 aromatic rings. The molecule has 0 unspecified atom stereocenters. The summed E-state index contributed by atoms with van der Waals surface area (Å²) in [6.07, 6.45) is -0.452. The monoisotopic (exact) mass is 489 g/mol. The second kappa shape index (κ2) is 10.5. The Morgan fingerprint density at radius 3 is 1.70 bits per heavy atom. The van der Waals surface area contributed by atoms with Gasteiger partial charge in [0, 0.05) is 12.4 Å². The third-order valence-corrected chi connectivity index (χ3v) is 8.01. The van der Waals surface area contributed by atoms with Crippen LogP contribution in [0.3, 0.4) is 0 Å². The van der Waals surface area contributed by atoms with Gasteiger partial charge in [0.2, 0.25) is 0 Å². The summed E-state index contributed by atoms with van der Waals surface area (Å²) in [5.41, 5.74) is 0. The maximum atomic E-state index is 11.1. The van der Waals surface area contributed by atoms with E-state index >= 15 is 0 Å². The van der Waals surface area contributed by atoms with E-state index in [1.165, 1.54) is 7.05 Å². The quantitative estimate of drug-likeness (QED) is 0.482. The van der Waals surface area contributed by atoms with Gasteiger partial charge in [-0.1, -0.05) is 36.4 Å². The van der Waals surface area contributed by atoms with Gasteiger partial charge in [-0.05, 0) is 11.5 Å². The van der Waals surface area contributed by atoms with Crippen LogP contribution in [-0.2, 0) is 0 Å². The van der Waals surface area contributed by atoms with E-state index in [-0.39, 0.29) is 0 Å². The summed E-state index contributed by atoms with van der Waals surface area (Å²) in [5.74, 6) is 0.576. The molecule has 0 aliphatic heterocycles. The molecule has 0 spiro atoms. The molecule has 0 heterocycles. The van der Waals surface area contributed by atoms with Gasteiger partial charge in [-0.2, -0.15) is 0 Å². The fraction of sp³-hybridized carbons (Fsp3) is 0.389. The summed E-state index contributed by atoms with van der Waals surface area (Å²) < 4.78 is 5.13. The summed E-state index contributed by atoms with van der Waals surface area (Å²) in [7, 11) is 1.54. The van der Waals surface area contributed by atoms with Crippen LogP contribution in [0.15, 0.2) is 42.5 Å². The predicted octanol–water partition coefficient (Wildman–Crippen LogP) is 6.20. The first kappa shape index (κ1) is 23.0. The number of halogens is 6. The van der Waals surface area contributed by atoms with Crippen molar-refractivity contribution in [3.63, 3.8) is 0 Å². The Kier molecular flexibility index (Phi) is 8.92. The van der Waals surface area contributed by atoms with Gasteiger partial charge in [0.05, 0.1) is 32.3 Å². The molecular weight excluding hydrogens is 475 g/mol. The fourth-order valence-corrected chi connectivity index (χ4v) is 4.82. The number of fused-ring (bicyclic) bond motifs is 1. The Morgan fingerprint density at radius 1 is 0.778 bits per heavy atom. The van der Waals surface area contributed by atoms with Gasteiger partial charge in [-0.25, -0.2) is 4.79 Å². The average molecular weight is 492 g/mol. The molecule has 1 amide bonds. The summed E-state index contributed by atoms with van der Waals surface area (Å²) in [4.78, 5) is 11.1. The van der Waals surface area contributed by atoms with Gasteiger partial charge in [-0.3, -0.25) is 0 Å². The van der Waals surface area contributed by atoms with E-state index in [0.717, 1.165) is 10.8 Å². The maximum Gasteiger partial charge on any atom is 0.412 e. The lowest BCUT2D eigenvalue weighted by Gasteiger charge is -2.37. The molecule has 1 fully saturated rings. The van der Waals surface area contributed by atoms with Crippen LogP contribution < -0.4 is 10.1 Å². The van der Waals surface area contributed by atoms with E-state index < -0.39 is 38.4 Å². The van der Waals surface area contributed by atoms with E-state index in [0.29, 0.717) is 5.75 Å². The van der Waals surface area contributed by atoms with E-state index in [4.69, 9.17) is 74.3 Å². The van der Waals surface area contributed by atoms with Gasteiger partial charge in [0.15, 0.2) is 0 Å². The maximum absolute atomic E-state index is 11.1. The van der Waals surface area contributed by atoms with Crippen molar-refractivity contribution in [2.45, 2.75) is 32.3 Å². The minimum atomic E-state index is -0.452. The lowest BCUT2D eigenvalue weighted by molar-refractivity contribution is 0.203. The molecule has 0 saturated heterocycles. The van der Waals surface area contributed by atoms with Gasteiger partial charge in [0.1, 0.15) is 5.75 Å². The first-order chi connectivity index (χ1) is 12.8. The second-order valence-corrected chi connectivity index (χ2v) is 8.81. The molecule has 0 bridgehead atoms. The fourth-order valence-electron chi connectivity index (χ4n) is 2.49. The highest BCUT2D eigenvalue weighted by Crippen LogP contribution is 2.39. The summed E-state index contributed by atoms with van der Waals surface area (Å²) in [6, 6.07) is 13.4. The SMILES string of the molecule is CNC(=O)Oc1cccc2ccccc12.ClC1C(Cl)C(Cl)C(Cl)C(Cl)C1Cl. The molecule has 1 aliphatic carbocycles. The number of amides is 1. The topological polar surface area (TPSA) is 38.3 Å². The van der Waals surface area contributed by atoms with Gasteiger partial charge in [0.25, 0.3) is 0 Å². The van der Waals surface area contributed by atoms with Gasteiger partial charge < -0.3 is 10.1 Å². The highest BCUT2D eigenvalue weighted by Gasteiger charge is 2.46. The zero-order valence-electron chi connectivity index (χ0n) is 14.1. The van der Waals surface area contributed by atoms with E-state index in [2.05, 4.69) is 5.32 Å². The van der Waals surface area contributed by atoms with Crippen molar-refractivity contribution in [2.75, 3.05) is 7.05 Å². The Hall–Kier alpha value is -0.290. The first-order valence-electron chi connectivity index (χ1n) is 7.99. The number of carbonyl (C=O) groups is 1. The Labute approximate surface area is 188 Å². The van der Waals surface area contributed by atoms with Gasteiger partial charge in [-0.15, -0.1) is 69.6 Å². The minimum Gasteiger partial charge on any atom is -0.410 e. The largest absolute Gasteiger partial charge is 0.412 e. The Balaban J connectivity index is 0.000000199. The molecule has 3 rings (SSSR count). The second-order valence-electron chi connectivity index (χ2n) is 5.78. The number of rotatable bonds is 1. The molecule has 1 N–H and O–H groups in total. The van der Waals surface area contributed by atoms with Crippen LogP contribution in [0.1, 0.15) is 0 Å². The summed E-state index contributed by atoms with van der Waals surface area (Å²) >= 11 is 35.3. The van der Waals surface area contributed by atoms with E-state index in [9.17, 15) is 4.79 Å². The Bertz CT molecular complexity index is 713. The zero-order valence-corrected chi connectivity index (χ0v) is 18.6. The Morgan fingerprint density at radius 2 is 1.22 bits per heavy atom. The van der Waals surface area contributed by atoms with Crippen molar-refractivity contribution in [2.24, 2.45) is 0 Å². The van der Waals surface area contributed by atoms with Crippen LogP contribution in [0, 0.1) is 0 Å². The standard InChI is InChI=1S/C12H11NO2.C6H6Cl6/c1-13-12(14)15-11-8-4-6-9-5-2-3-7-10(9)11;7-1-2(8)4(10)6(12)5(11)3(1)9/h2-8H,1H3,(H,13,14);1-6H. The minimum absolute atomic E-state index is 0.437. The van der Waals surface area contributed by atoms with E-state index in [1.807, 2.05) is 36.4 Å². The highest BCUT2D eigenvalue weighted by atomic mass is 35.5. The summed E-state index contributed by atoms with van der Waals surface area (Å²) in [5, 5.41) is 1.79. The third-order valence-electron chi connectivity index (χ3n) is 3.98. The molecule has 9 heteroatoms. The van der Waals surface area contributed by atoms with Crippen molar-refractivity contribution in [3.05, 3.63) is 42.5 Å². The van der Waals surface area contributed by atoms with Crippen LogP contribution in [0.25, 0.3) is 10.8 Å². The molecular formula is C18H17Cl6NO2. The highest BCUT2D eigenvalue weighted by molar-refractivity contribution is 6.45. The van der Waals surface area contributed by atoms with Crippen LogP contribution in [0.5, 0.6) is 5.75 Å². The lowest BCUT2D eigenvalue weighted by atomic mass is 9.97. The number of carbonyl (C=O) groups excluding carboxylic acids is 1. The van der Waals surface area contributed by atoms with Crippen molar-refractivity contribution in [1.82, 2.24) is 5.32 Å².